The monoisotopic (exact) mass is 406 g/mol. The van der Waals surface area contributed by atoms with Crippen molar-refractivity contribution in [2.75, 3.05) is 11.8 Å². The molecule has 0 rings (SSSR count). The van der Waals surface area contributed by atoms with E-state index in [1.807, 2.05) is 0 Å². The summed E-state index contributed by atoms with van der Waals surface area (Å²) in [5, 5.41) is -0.659. The normalized spacial score (nSPS) is 15.7. The second kappa shape index (κ2) is 12.0. The van der Waals surface area contributed by atoms with Gasteiger partial charge in [0.15, 0.2) is 0 Å². The van der Waals surface area contributed by atoms with Crippen LogP contribution in [0.3, 0.4) is 0 Å². The summed E-state index contributed by atoms with van der Waals surface area (Å²) in [6.45, 7) is 0. The Bertz CT molecular complexity index is 268. The highest BCUT2D eigenvalue weighted by atomic mass is 35.5. The first kappa shape index (κ1) is 23.5. The molecule has 0 nitrogen and oxygen atoms in total. The van der Waals surface area contributed by atoms with E-state index in [0.717, 1.165) is 0 Å². The van der Waals surface area contributed by atoms with Crippen molar-refractivity contribution in [2.24, 2.45) is 0 Å². The van der Waals surface area contributed by atoms with E-state index in [1.165, 1.54) is 11.8 Å². The molecule has 2 atom stereocenters. The molecular weight excluding hydrogens is 385 g/mol. The van der Waals surface area contributed by atoms with Gasteiger partial charge in [-0.05, 0) is 38.5 Å². The van der Waals surface area contributed by atoms with E-state index in [-0.39, 0.29) is 23.3 Å². The largest absolute Gasteiger partial charge is 0.389 e. The Labute approximate surface area is 147 Å². The lowest BCUT2D eigenvalue weighted by molar-refractivity contribution is -0.136. The molecule has 0 spiro atoms. The van der Waals surface area contributed by atoms with Gasteiger partial charge in [-0.25, -0.2) is 0 Å². The maximum Gasteiger partial charge on any atom is 0.389 e. The van der Waals surface area contributed by atoms with Crippen LogP contribution in [-0.4, -0.2) is 34.6 Å². The number of rotatable bonds is 12. The molecule has 9 heteroatoms. The molecule has 0 aromatic heterocycles. The number of hydrogen-bond acceptors (Lipinski definition) is 1. The maximum absolute atomic E-state index is 12.4. The summed E-state index contributed by atoms with van der Waals surface area (Å²) in [5.41, 5.74) is 0. The molecule has 0 heterocycles. The van der Waals surface area contributed by atoms with Crippen molar-refractivity contribution in [3.8, 4) is 0 Å². The smallest absolute Gasteiger partial charge is 0.171 e. The molecule has 0 amide bonds. The first-order chi connectivity index (χ1) is 10.6. The molecule has 0 aliphatic heterocycles. The van der Waals surface area contributed by atoms with Gasteiger partial charge in [-0.3, -0.25) is 0 Å². The maximum atomic E-state index is 12.4. The highest BCUT2D eigenvalue weighted by molar-refractivity contribution is 8.00. The zero-order valence-electron chi connectivity index (χ0n) is 12.7. The summed E-state index contributed by atoms with van der Waals surface area (Å²) in [4.78, 5) is 0. The van der Waals surface area contributed by atoms with Gasteiger partial charge in [0, 0.05) is 35.1 Å². The van der Waals surface area contributed by atoms with E-state index in [4.69, 9.17) is 23.2 Å². The topological polar surface area (TPSA) is 0 Å². The van der Waals surface area contributed by atoms with E-state index in [9.17, 15) is 26.3 Å². The van der Waals surface area contributed by atoms with Crippen molar-refractivity contribution in [1.29, 1.82) is 0 Å². The van der Waals surface area contributed by atoms with Gasteiger partial charge in [-0.1, -0.05) is 0 Å². The van der Waals surface area contributed by atoms with Crippen molar-refractivity contribution < 1.29 is 26.3 Å². The van der Waals surface area contributed by atoms with E-state index in [2.05, 4.69) is 0 Å². The fraction of sp³-hybridized carbons (Fsp3) is 1.00. The van der Waals surface area contributed by atoms with Crippen LogP contribution in [-0.2, 0) is 0 Å². The van der Waals surface area contributed by atoms with Gasteiger partial charge in [-0.15, -0.1) is 23.2 Å². The van der Waals surface area contributed by atoms with Gasteiger partial charge in [0.2, 0.25) is 0 Å². The summed E-state index contributed by atoms with van der Waals surface area (Å²) in [6.07, 6.45) is -8.46. The molecular formula is C14H22Cl2F6S. The minimum atomic E-state index is -4.25. The third-order valence-electron chi connectivity index (χ3n) is 3.20. The lowest BCUT2D eigenvalue weighted by atomic mass is 10.1. The van der Waals surface area contributed by atoms with E-state index >= 15 is 0 Å². The molecule has 23 heavy (non-hydrogen) atoms. The third-order valence-corrected chi connectivity index (χ3v) is 5.45. The van der Waals surface area contributed by atoms with Gasteiger partial charge < -0.3 is 0 Å². The molecule has 0 saturated heterocycles. The van der Waals surface area contributed by atoms with Crippen LogP contribution in [0.2, 0.25) is 0 Å². The van der Waals surface area contributed by atoms with Crippen LogP contribution in [0, 0.1) is 0 Å². The van der Waals surface area contributed by atoms with Crippen molar-refractivity contribution in [3.63, 3.8) is 0 Å². The second-order valence-corrected chi connectivity index (χ2v) is 7.71. The van der Waals surface area contributed by atoms with Gasteiger partial charge in [-0.2, -0.15) is 38.1 Å². The van der Waals surface area contributed by atoms with Crippen molar-refractivity contribution >= 4 is 35.0 Å². The molecule has 0 radical (unpaired) electrons. The second-order valence-electron chi connectivity index (χ2n) is 5.35. The summed E-state index contributed by atoms with van der Waals surface area (Å²) < 4.78 is 74.3. The van der Waals surface area contributed by atoms with Gasteiger partial charge >= 0.3 is 12.4 Å². The standard InChI is InChI=1S/C14H22Cl2F6S/c15-9-1-3-11(5-7-13(17,18)19)23-12(4-2-10-16)6-8-14(20,21)22/h11-12H,1-10H2. The lowest BCUT2D eigenvalue weighted by Gasteiger charge is -2.24. The van der Waals surface area contributed by atoms with Crippen LogP contribution >= 0.6 is 35.0 Å². The molecule has 0 aromatic rings. The van der Waals surface area contributed by atoms with Gasteiger partial charge in [0.05, 0.1) is 0 Å². The molecule has 0 bridgehead atoms. The Morgan fingerprint density at radius 1 is 0.652 bits per heavy atom. The SMILES string of the molecule is FC(F)(F)CCC(CCCCl)SC(CCCCl)CCC(F)(F)F. The van der Waals surface area contributed by atoms with Gasteiger partial charge in [0.1, 0.15) is 0 Å². The fourth-order valence-electron chi connectivity index (χ4n) is 2.09. The van der Waals surface area contributed by atoms with Crippen LogP contribution in [0.15, 0.2) is 0 Å². The van der Waals surface area contributed by atoms with Crippen LogP contribution in [0.4, 0.5) is 26.3 Å². The molecule has 0 aliphatic carbocycles. The minimum Gasteiger partial charge on any atom is -0.171 e. The van der Waals surface area contributed by atoms with Crippen LogP contribution in [0.5, 0.6) is 0 Å². The minimum absolute atomic E-state index is 0.0888. The molecule has 0 aliphatic rings. The average molecular weight is 407 g/mol. The van der Waals surface area contributed by atoms with E-state index in [0.29, 0.717) is 37.4 Å². The Kier molecular flexibility index (Phi) is 12.2. The predicted molar refractivity (Wildman–Crippen MR) is 85.7 cm³/mol. The van der Waals surface area contributed by atoms with Crippen LogP contribution < -0.4 is 0 Å². The Morgan fingerprint density at radius 3 is 1.26 bits per heavy atom. The predicted octanol–water partition coefficient (Wildman–Crippen LogP) is 7.18. The van der Waals surface area contributed by atoms with E-state index < -0.39 is 25.2 Å². The lowest BCUT2D eigenvalue weighted by Crippen LogP contribution is -2.18. The molecule has 140 valence electrons. The molecule has 0 aromatic carbocycles. The van der Waals surface area contributed by atoms with Crippen molar-refractivity contribution in [2.45, 2.75) is 74.2 Å². The average Bonchev–Trinajstić information content (AvgIpc) is 2.42. The first-order valence-corrected chi connectivity index (χ1v) is 9.49. The quantitative estimate of drug-likeness (QED) is 0.244. The fourth-order valence-corrected chi connectivity index (χ4v) is 4.06. The number of alkyl halides is 8. The number of halogens is 8. The molecule has 0 saturated carbocycles. The number of hydrogen-bond donors (Lipinski definition) is 0. The number of thioether (sulfide) groups is 1. The third kappa shape index (κ3) is 15.8. The van der Waals surface area contributed by atoms with Gasteiger partial charge in [0.25, 0.3) is 0 Å². The summed E-state index contributed by atoms with van der Waals surface area (Å²) in [7, 11) is 0. The summed E-state index contributed by atoms with van der Waals surface area (Å²) in [5.74, 6) is 0.663. The van der Waals surface area contributed by atoms with Crippen molar-refractivity contribution in [1.82, 2.24) is 0 Å². The van der Waals surface area contributed by atoms with Crippen molar-refractivity contribution in [3.05, 3.63) is 0 Å². The molecule has 0 fully saturated rings. The summed E-state index contributed by atoms with van der Waals surface area (Å²) in [6, 6.07) is 0. The Morgan fingerprint density at radius 2 is 1.00 bits per heavy atom. The highest BCUT2D eigenvalue weighted by Gasteiger charge is 2.31. The summed E-state index contributed by atoms with van der Waals surface area (Å²) >= 11 is 12.4. The Hall–Kier alpha value is 0.510. The zero-order valence-corrected chi connectivity index (χ0v) is 15.0. The van der Waals surface area contributed by atoms with Crippen LogP contribution in [0.25, 0.3) is 0 Å². The van der Waals surface area contributed by atoms with Crippen LogP contribution in [0.1, 0.15) is 51.4 Å². The molecule has 2 unspecified atom stereocenters. The first-order valence-electron chi connectivity index (χ1n) is 7.48. The zero-order chi connectivity index (χ0) is 17.9. The van der Waals surface area contributed by atoms with E-state index in [1.54, 1.807) is 0 Å². The molecule has 0 N–H and O–H groups in total. The Balaban J connectivity index is 4.59. The highest BCUT2D eigenvalue weighted by Crippen LogP contribution is 2.36.